The van der Waals surface area contributed by atoms with E-state index < -0.39 is 0 Å². The minimum atomic E-state index is -0.216. The Labute approximate surface area is 143 Å². The summed E-state index contributed by atoms with van der Waals surface area (Å²) in [7, 11) is 0. The largest absolute Gasteiger partial charge is 0.352 e. The van der Waals surface area contributed by atoms with E-state index in [1.54, 1.807) is 4.68 Å². The van der Waals surface area contributed by atoms with E-state index >= 15 is 0 Å². The Bertz CT molecular complexity index is 539. The second-order valence-corrected chi connectivity index (χ2v) is 8.99. The number of amides is 1. The van der Waals surface area contributed by atoms with Gasteiger partial charge in [-0.1, -0.05) is 38.5 Å². The van der Waals surface area contributed by atoms with Crippen LogP contribution in [-0.2, 0) is 10.3 Å². The Balaban J connectivity index is 1.97. The van der Waals surface area contributed by atoms with Gasteiger partial charge in [-0.2, -0.15) is 0 Å². The maximum absolute atomic E-state index is 12.5. The van der Waals surface area contributed by atoms with E-state index in [4.69, 9.17) is 0 Å². The summed E-state index contributed by atoms with van der Waals surface area (Å²) in [5.74, 6) is 1.28. The molecule has 1 amide bonds. The predicted octanol–water partition coefficient (Wildman–Crippen LogP) is 2.85. The van der Waals surface area contributed by atoms with Crippen LogP contribution in [0.4, 0.5) is 0 Å². The van der Waals surface area contributed by atoms with Gasteiger partial charge in [-0.15, -0.1) is 5.10 Å². The number of carbonyl (C=O) groups is 1. The summed E-state index contributed by atoms with van der Waals surface area (Å²) in [5, 5.41) is 15.6. The van der Waals surface area contributed by atoms with Crippen LogP contribution in [0.2, 0.25) is 0 Å². The Hall–Kier alpha value is -1.11. The van der Waals surface area contributed by atoms with Crippen molar-refractivity contribution in [3.05, 3.63) is 0 Å². The Kier molecular flexibility index (Phi) is 5.70. The van der Waals surface area contributed by atoms with Crippen molar-refractivity contribution in [2.45, 2.75) is 82.8 Å². The summed E-state index contributed by atoms with van der Waals surface area (Å²) in [6.45, 7) is 12.6. The number of aromatic nitrogens is 4. The lowest BCUT2D eigenvalue weighted by atomic mass is 9.78. The molecule has 6 nitrogen and oxygen atoms in total. The van der Waals surface area contributed by atoms with Crippen LogP contribution in [0.1, 0.15) is 60.8 Å². The maximum atomic E-state index is 12.5. The van der Waals surface area contributed by atoms with Crippen LogP contribution in [0.5, 0.6) is 0 Å². The summed E-state index contributed by atoms with van der Waals surface area (Å²) < 4.78 is 1.77. The van der Waals surface area contributed by atoms with E-state index in [9.17, 15) is 4.79 Å². The van der Waals surface area contributed by atoms with Gasteiger partial charge in [0.05, 0.1) is 10.8 Å². The summed E-state index contributed by atoms with van der Waals surface area (Å²) in [4.78, 5) is 12.5. The zero-order valence-corrected chi connectivity index (χ0v) is 15.9. The standard InChI is InChI=1S/C16H29N5OS/c1-10-8-7-9-13(11(10)2)17-14(22)12(3)23-15-18-19-20-21(15)16(4,5)6/h10-13H,7-9H2,1-6H3,(H,17,22). The highest BCUT2D eigenvalue weighted by Crippen LogP contribution is 2.30. The fourth-order valence-electron chi connectivity index (χ4n) is 2.97. The van der Waals surface area contributed by atoms with Crippen molar-refractivity contribution in [2.24, 2.45) is 11.8 Å². The molecule has 4 atom stereocenters. The molecule has 0 saturated heterocycles. The van der Waals surface area contributed by atoms with Crippen LogP contribution in [0.3, 0.4) is 0 Å². The van der Waals surface area contributed by atoms with Crippen molar-refractivity contribution in [3.63, 3.8) is 0 Å². The van der Waals surface area contributed by atoms with Crippen LogP contribution in [0, 0.1) is 11.8 Å². The first-order chi connectivity index (χ1) is 10.7. The quantitative estimate of drug-likeness (QED) is 0.854. The highest BCUT2D eigenvalue weighted by atomic mass is 32.2. The van der Waals surface area contributed by atoms with Gasteiger partial charge in [-0.3, -0.25) is 4.79 Å². The Morgan fingerprint density at radius 2 is 2.04 bits per heavy atom. The van der Waals surface area contributed by atoms with E-state index in [1.807, 2.05) is 27.7 Å². The fraction of sp³-hybridized carbons (Fsp3) is 0.875. The second kappa shape index (κ2) is 7.20. The smallest absolute Gasteiger partial charge is 0.233 e. The minimum Gasteiger partial charge on any atom is -0.352 e. The van der Waals surface area contributed by atoms with Gasteiger partial charge in [0.1, 0.15) is 0 Å². The summed E-state index contributed by atoms with van der Waals surface area (Å²) in [5.41, 5.74) is -0.199. The molecule has 0 radical (unpaired) electrons. The van der Waals surface area contributed by atoms with Gasteiger partial charge in [0.2, 0.25) is 11.1 Å². The maximum Gasteiger partial charge on any atom is 0.233 e. The van der Waals surface area contributed by atoms with Crippen LogP contribution in [0.25, 0.3) is 0 Å². The van der Waals surface area contributed by atoms with Crippen molar-refractivity contribution < 1.29 is 4.79 Å². The lowest BCUT2D eigenvalue weighted by Gasteiger charge is -2.35. The second-order valence-electron chi connectivity index (χ2n) is 7.69. The lowest BCUT2D eigenvalue weighted by Crippen LogP contribution is -2.46. The Morgan fingerprint density at radius 3 is 2.70 bits per heavy atom. The monoisotopic (exact) mass is 339 g/mol. The first-order valence-electron chi connectivity index (χ1n) is 8.46. The first-order valence-corrected chi connectivity index (χ1v) is 9.34. The number of nitrogens with zero attached hydrogens (tertiary/aromatic N) is 4. The number of carbonyl (C=O) groups excluding carboxylic acids is 1. The molecule has 1 fully saturated rings. The third-order valence-electron chi connectivity index (χ3n) is 4.76. The highest BCUT2D eigenvalue weighted by molar-refractivity contribution is 8.00. The molecule has 130 valence electrons. The molecular formula is C16H29N5OS. The van der Waals surface area contributed by atoms with Gasteiger partial charge in [-0.05, 0) is 56.4 Å². The minimum absolute atomic E-state index is 0.0735. The molecule has 1 N–H and O–H groups in total. The molecule has 1 aliphatic rings. The van der Waals surface area contributed by atoms with E-state index in [0.717, 1.165) is 6.42 Å². The molecule has 1 saturated carbocycles. The van der Waals surface area contributed by atoms with Gasteiger partial charge < -0.3 is 5.32 Å². The van der Waals surface area contributed by atoms with Gasteiger partial charge >= 0.3 is 0 Å². The zero-order valence-electron chi connectivity index (χ0n) is 15.0. The van der Waals surface area contributed by atoms with Crippen LogP contribution < -0.4 is 5.32 Å². The fourth-order valence-corrected chi connectivity index (χ4v) is 3.96. The number of nitrogens with one attached hydrogen (secondary N) is 1. The molecule has 4 unspecified atom stereocenters. The molecule has 2 rings (SSSR count). The predicted molar refractivity (Wildman–Crippen MR) is 92.2 cm³/mol. The van der Waals surface area contributed by atoms with Gasteiger partial charge in [0, 0.05) is 6.04 Å². The van der Waals surface area contributed by atoms with Crippen LogP contribution in [0.15, 0.2) is 5.16 Å². The third-order valence-corrected chi connectivity index (χ3v) is 5.80. The summed E-state index contributed by atoms with van der Waals surface area (Å²) in [6, 6.07) is 0.285. The molecule has 1 heterocycles. The van der Waals surface area contributed by atoms with E-state index in [-0.39, 0.29) is 22.7 Å². The number of hydrogen-bond acceptors (Lipinski definition) is 5. The number of hydrogen-bond donors (Lipinski definition) is 1. The third kappa shape index (κ3) is 4.46. The molecular weight excluding hydrogens is 310 g/mol. The Morgan fingerprint density at radius 1 is 1.35 bits per heavy atom. The number of rotatable bonds is 4. The average molecular weight is 340 g/mol. The summed E-state index contributed by atoms with van der Waals surface area (Å²) >= 11 is 1.42. The molecule has 1 aromatic rings. The summed E-state index contributed by atoms with van der Waals surface area (Å²) in [6.07, 6.45) is 3.53. The van der Waals surface area contributed by atoms with Crippen molar-refractivity contribution in [3.8, 4) is 0 Å². The van der Waals surface area contributed by atoms with Crippen LogP contribution in [-0.4, -0.2) is 37.4 Å². The zero-order chi connectivity index (χ0) is 17.2. The molecule has 7 heteroatoms. The van der Waals surface area contributed by atoms with Crippen molar-refractivity contribution in [1.82, 2.24) is 25.5 Å². The average Bonchev–Trinajstić information content (AvgIpc) is 2.92. The molecule has 1 aromatic heterocycles. The van der Waals surface area contributed by atoms with Crippen LogP contribution >= 0.6 is 11.8 Å². The number of thioether (sulfide) groups is 1. The van der Waals surface area contributed by atoms with Crippen molar-refractivity contribution in [1.29, 1.82) is 0 Å². The van der Waals surface area contributed by atoms with Gasteiger partial charge in [0.25, 0.3) is 0 Å². The lowest BCUT2D eigenvalue weighted by molar-refractivity contribution is -0.121. The van der Waals surface area contributed by atoms with E-state index in [0.29, 0.717) is 17.0 Å². The molecule has 0 bridgehead atoms. The van der Waals surface area contributed by atoms with Crippen molar-refractivity contribution >= 4 is 17.7 Å². The SMILES string of the molecule is CC(Sc1nnnn1C(C)(C)C)C(=O)NC1CCCC(C)C1C. The van der Waals surface area contributed by atoms with E-state index in [1.165, 1.54) is 24.6 Å². The topological polar surface area (TPSA) is 72.7 Å². The molecule has 0 aliphatic heterocycles. The number of tetrazole rings is 1. The van der Waals surface area contributed by atoms with E-state index in [2.05, 4.69) is 34.7 Å². The molecule has 0 aromatic carbocycles. The van der Waals surface area contributed by atoms with Crippen molar-refractivity contribution in [2.75, 3.05) is 0 Å². The first kappa shape index (κ1) is 18.2. The van der Waals surface area contributed by atoms with Gasteiger partial charge in [0.15, 0.2) is 0 Å². The molecule has 1 aliphatic carbocycles. The highest BCUT2D eigenvalue weighted by Gasteiger charge is 2.30. The van der Waals surface area contributed by atoms with Gasteiger partial charge in [-0.25, -0.2) is 4.68 Å². The molecule has 0 spiro atoms. The normalized spacial score (nSPS) is 26.8. The molecule has 23 heavy (non-hydrogen) atoms.